The SMILES string of the molecule is CC(=O)N1CCCN(C(=O)C2CC(=O)N(c3ccccc3Cl)C2)CC1. The highest BCUT2D eigenvalue weighted by molar-refractivity contribution is 6.33. The summed E-state index contributed by atoms with van der Waals surface area (Å²) in [6.07, 6.45) is 0.969. The van der Waals surface area contributed by atoms with Gasteiger partial charge in [0.15, 0.2) is 0 Å². The number of amides is 3. The van der Waals surface area contributed by atoms with Crippen LogP contribution < -0.4 is 4.90 Å². The third-order valence-electron chi connectivity index (χ3n) is 4.87. The molecule has 2 fully saturated rings. The molecule has 1 aromatic carbocycles. The lowest BCUT2D eigenvalue weighted by molar-refractivity contribution is -0.136. The average Bonchev–Trinajstić information content (AvgIpc) is 2.81. The standard InChI is InChI=1S/C18H22ClN3O3/c1-13(23)20-7-4-8-21(10-9-20)18(25)14-11-17(24)22(12-14)16-6-3-2-5-15(16)19/h2-3,5-6,14H,4,7-12H2,1H3. The molecular weight excluding hydrogens is 342 g/mol. The van der Waals surface area contributed by atoms with Gasteiger partial charge in [-0.1, -0.05) is 23.7 Å². The van der Waals surface area contributed by atoms with Gasteiger partial charge in [-0.3, -0.25) is 14.4 Å². The number of hydrogen-bond donors (Lipinski definition) is 0. The predicted octanol–water partition coefficient (Wildman–Crippen LogP) is 1.77. The Labute approximate surface area is 152 Å². The van der Waals surface area contributed by atoms with Gasteiger partial charge >= 0.3 is 0 Å². The van der Waals surface area contributed by atoms with Crippen molar-refractivity contribution in [3.63, 3.8) is 0 Å². The maximum Gasteiger partial charge on any atom is 0.228 e. The molecule has 2 aliphatic heterocycles. The second kappa shape index (κ2) is 7.44. The molecule has 2 saturated heterocycles. The van der Waals surface area contributed by atoms with E-state index in [4.69, 9.17) is 11.6 Å². The lowest BCUT2D eigenvalue weighted by Gasteiger charge is -2.24. The minimum Gasteiger partial charge on any atom is -0.341 e. The molecule has 1 aromatic rings. The molecule has 0 bridgehead atoms. The molecule has 0 aromatic heterocycles. The van der Waals surface area contributed by atoms with Gasteiger partial charge in [0.2, 0.25) is 17.7 Å². The zero-order valence-corrected chi connectivity index (χ0v) is 15.0. The number of benzene rings is 1. The van der Waals surface area contributed by atoms with Crippen molar-refractivity contribution in [3.8, 4) is 0 Å². The maximum atomic E-state index is 12.8. The van der Waals surface area contributed by atoms with Crippen LogP contribution in [0.2, 0.25) is 5.02 Å². The largest absolute Gasteiger partial charge is 0.341 e. The summed E-state index contributed by atoms with van der Waals surface area (Å²) in [6.45, 7) is 4.28. The highest BCUT2D eigenvalue weighted by atomic mass is 35.5. The Kier molecular flexibility index (Phi) is 5.27. The Hall–Kier alpha value is -2.08. The van der Waals surface area contributed by atoms with E-state index in [2.05, 4.69) is 0 Å². The van der Waals surface area contributed by atoms with E-state index in [-0.39, 0.29) is 30.1 Å². The van der Waals surface area contributed by atoms with Crippen LogP contribution >= 0.6 is 11.6 Å². The zero-order chi connectivity index (χ0) is 18.0. The molecule has 7 heteroatoms. The first-order chi connectivity index (χ1) is 12.0. The van der Waals surface area contributed by atoms with E-state index in [0.717, 1.165) is 6.42 Å². The van der Waals surface area contributed by atoms with Crippen LogP contribution in [-0.4, -0.2) is 60.2 Å². The number of carbonyl (C=O) groups is 3. The number of anilines is 1. The zero-order valence-electron chi connectivity index (χ0n) is 14.3. The molecule has 3 rings (SSSR count). The van der Waals surface area contributed by atoms with Gasteiger partial charge in [0.1, 0.15) is 0 Å². The summed E-state index contributed by atoms with van der Waals surface area (Å²) in [5, 5.41) is 0.510. The Balaban J connectivity index is 1.67. The third-order valence-corrected chi connectivity index (χ3v) is 5.19. The van der Waals surface area contributed by atoms with Gasteiger partial charge in [0, 0.05) is 46.1 Å². The summed E-state index contributed by atoms with van der Waals surface area (Å²) >= 11 is 6.19. The van der Waals surface area contributed by atoms with Gasteiger partial charge in [0.05, 0.1) is 16.6 Å². The van der Waals surface area contributed by atoms with Crippen LogP contribution in [0.5, 0.6) is 0 Å². The lowest BCUT2D eigenvalue weighted by atomic mass is 10.1. The van der Waals surface area contributed by atoms with E-state index in [0.29, 0.717) is 43.4 Å². The van der Waals surface area contributed by atoms with Crippen molar-refractivity contribution in [3.05, 3.63) is 29.3 Å². The minimum atomic E-state index is -0.354. The van der Waals surface area contributed by atoms with Crippen molar-refractivity contribution in [2.75, 3.05) is 37.6 Å². The number of halogens is 1. The molecular formula is C18H22ClN3O3. The molecule has 0 saturated carbocycles. The summed E-state index contributed by atoms with van der Waals surface area (Å²) in [7, 11) is 0. The summed E-state index contributed by atoms with van der Waals surface area (Å²) in [5.74, 6) is -0.400. The van der Waals surface area contributed by atoms with E-state index in [9.17, 15) is 14.4 Å². The molecule has 2 heterocycles. The van der Waals surface area contributed by atoms with Crippen LogP contribution in [-0.2, 0) is 14.4 Å². The van der Waals surface area contributed by atoms with Crippen LogP contribution in [0, 0.1) is 5.92 Å². The first-order valence-corrected chi connectivity index (χ1v) is 8.94. The Morgan fingerprint density at radius 1 is 1.08 bits per heavy atom. The van der Waals surface area contributed by atoms with Crippen LogP contribution in [0.15, 0.2) is 24.3 Å². The van der Waals surface area contributed by atoms with Gasteiger partial charge in [-0.25, -0.2) is 0 Å². The molecule has 2 aliphatic rings. The monoisotopic (exact) mass is 363 g/mol. The fourth-order valence-electron chi connectivity index (χ4n) is 3.49. The normalized spacial score (nSPS) is 21.4. The molecule has 0 aliphatic carbocycles. The van der Waals surface area contributed by atoms with Crippen molar-refractivity contribution >= 4 is 35.0 Å². The van der Waals surface area contributed by atoms with E-state index < -0.39 is 0 Å². The van der Waals surface area contributed by atoms with Crippen molar-refractivity contribution in [2.45, 2.75) is 19.8 Å². The van der Waals surface area contributed by atoms with Gasteiger partial charge in [-0.15, -0.1) is 0 Å². The number of hydrogen-bond acceptors (Lipinski definition) is 3. The summed E-state index contributed by atoms with van der Waals surface area (Å²) in [4.78, 5) is 41.9. The fraction of sp³-hybridized carbons (Fsp3) is 0.500. The Morgan fingerprint density at radius 3 is 2.48 bits per heavy atom. The number of carbonyl (C=O) groups excluding carboxylic acids is 3. The summed E-state index contributed by atoms with van der Waals surface area (Å²) in [5.41, 5.74) is 0.656. The smallest absolute Gasteiger partial charge is 0.228 e. The number of para-hydroxylation sites is 1. The quantitative estimate of drug-likeness (QED) is 0.804. The van der Waals surface area contributed by atoms with Gasteiger partial charge in [-0.05, 0) is 18.6 Å². The van der Waals surface area contributed by atoms with Crippen molar-refractivity contribution in [1.82, 2.24) is 9.80 Å². The molecule has 0 N–H and O–H groups in total. The van der Waals surface area contributed by atoms with E-state index >= 15 is 0 Å². The number of rotatable bonds is 2. The molecule has 0 radical (unpaired) electrons. The molecule has 6 nitrogen and oxygen atoms in total. The van der Waals surface area contributed by atoms with Crippen LogP contribution in [0.3, 0.4) is 0 Å². The van der Waals surface area contributed by atoms with Crippen LogP contribution in [0.1, 0.15) is 19.8 Å². The average molecular weight is 364 g/mol. The van der Waals surface area contributed by atoms with Gasteiger partial charge in [0.25, 0.3) is 0 Å². The minimum absolute atomic E-state index is 0.00620. The van der Waals surface area contributed by atoms with Crippen molar-refractivity contribution in [2.24, 2.45) is 5.92 Å². The highest BCUT2D eigenvalue weighted by Gasteiger charge is 2.38. The van der Waals surface area contributed by atoms with E-state index in [1.807, 2.05) is 12.1 Å². The molecule has 134 valence electrons. The van der Waals surface area contributed by atoms with E-state index in [1.54, 1.807) is 33.8 Å². The molecule has 25 heavy (non-hydrogen) atoms. The molecule has 1 atom stereocenters. The second-order valence-corrected chi connectivity index (χ2v) is 6.95. The second-order valence-electron chi connectivity index (χ2n) is 6.54. The maximum absolute atomic E-state index is 12.8. The summed E-state index contributed by atoms with van der Waals surface area (Å²) in [6, 6.07) is 7.18. The van der Waals surface area contributed by atoms with Gasteiger partial charge < -0.3 is 14.7 Å². The molecule has 3 amide bonds. The molecule has 1 unspecified atom stereocenters. The first kappa shape index (κ1) is 17.7. The van der Waals surface area contributed by atoms with E-state index in [1.165, 1.54) is 0 Å². The topological polar surface area (TPSA) is 60.9 Å². The van der Waals surface area contributed by atoms with Crippen LogP contribution in [0.25, 0.3) is 0 Å². The molecule has 0 spiro atoms. The summed E-state index contributed by atoms with van der Waals surface area (Å²) < 4.78 is 0. The first-order valence-electron chi connectivity index (χ1n) is 8.56. The Bertz CT molecular complexity index is 694. The fourth-order valence-corrected chi connectivity index (χ4v) is 3.73. The van der Waals surface area contributed by atoms with Gasteiger partial charge in [-0.2, -0.15) is 0 Å². The highest BCUT2D eigenvalue weighted by Crippen LogP contribution is 2.31. The lowest BCUT2D eigenvalue weighted by Crippen LogP contribution is -2.40. The number of nitrogens with zero attached hydrogens (tertiary/aromatic N) is 3. The Morgan fingerprint density at radius 2 is 1.76 bits per heavy atom. The van der Waals surface area contributed by atoms with Crippen LogP contribution in [0.4, 0.5) is 5.69 Å². The third kappa shape index (κ3) is 3.79. The predicted molar refractivity (Wildman–Crippen MR) is 95.4 cm³/mol. The van der Waals surface area contributed by atoms with Crippen molar-refractivity contribution < 1.29 is 14.4 Å². The van der Waals surface area contributed by atoms with Crippen molar-refractivity contribution in [1.29, 1.82) is 0 Å².